The third-order valence-electron chi connectivity index (χ3n) is 3.85. The highest BCUT2D eigenvalue weighted by Crippen LogP contribution is 2.45. The van der Waals surface area contributed by atoms with Gasteiger partial charge in [-0.3, -0.25) is 4.98 Å². The molecule has 0 bridgehead atoms. The molecule has 19 heavy (non-hydrogen) atoms. The Bertz CT molecular complexity index is 570. The minimum Gasteiger partial charge on any atom is -0.485 e. The number of hydrogen-bond donors (Lipinski definition) is 1. The molecule has 0 fully saturated rings. The predicted octanol–water partition coefficient (Wildman–Crippen LogP) is 2.86. The summed E-state index contributed by atoms with van der Waals surface area (Å²) < 4.78 is 6.06. The van der Waals surface area contributed by atoms with E-state index in [0.29, 0.717) is 0 Å². The van der Waals surface area contributed by atoms with Gasteiger partial charge in [0.05, 0.1) is 6.61 Å². The zero-order chi connectivity index (χ0) is 13.3. The lowest BCUT2D eigenvalue weighted by Gasteiger charge is -2.39. The quantitative estimate of drug-likeness (QED) is 0.897. The fourth-order valence-electron chi connectivity index (χ4n) is 2.68. The Hall–Kier alpha value is -1.87. The zero-order valence-electron chi connectivity index (χ0n) is 10.9. The number of hydrogen-bond acceptors (Lipinski definition) is 3. The first kappa shape index (κ1) is 12.2. The maximum Gasteiger partial charge on any atom is 0.126 e. The van der Waals surface area contributed by atoms with Crippen LogP contribution in [0.3, 0.4) is 0 Å². The standard InChI is InChI=1S/C16H17NO2/c1-16(11-18)9-15(12-5-4-8-17-10-12)19-14-7-3-2-6-13(14)16/h2-8,10,15,18H,9,11H2,1H3. The van der Waals surface area contributed by atoms with Gasteiger partial charge in [-0.25, -0.2) is 0 Å². The lowest BCUT2D eigenvalue weighted by atomic mass is 9.75. The first-order valence-corrected chi connectivity index (χ1v) is 6.50. The average Bonchev–Trinajstić information content (AvgIpc) is 2.48. The third kappa shape index (κ3) is 2.10. The van der Waals surface area contributed by atoms with E-state index in [1.54, 1.807) is 6.20 Å². The molecule has 3 heteroatoms. The highest BCUT2D eigenvalue weighted by molar-refractivity contribution is 5.42. The topological polar surface area (TPSA) is 42.4 Å². The van der Waals surface area contributed by atoms with Crippen molar-refractivity contribution in [3.63, 3.8) is 0 Å². The predicted molar refractivity (Wildman–Crippen MR) is 73.1 cm³/mol. The number of rotatable bonds is 2. The molecule has 0 saturated heterocycles. The second kappa shape index (κ2) is 4.67. The van der Waals surface area contributed by atoms with Crippen molar-refractivity contribution in [1.29, 1.82) is 0 Å². The van der Waals surface area contributed by atoms with Gasteiger partial charge in [0, 0.05) is 35.4 Å². The highest BCUT2D eigenvalue weighted by atomic mass is 16.5. The zero-order valence-corrected chi connectivity index (χ0v) is 10.9. The van der Waals surface area contributed by atoms with Crippen LogP contribution in [0.1, 0.15) is 30.6 Å². The Kier molecular flexibility index (Phi) is 2.99. The monoisotopic (exact) mass is 255 g/mol. The molecule has 1 aliphatic rings. The van der Waals surface area contributed by atoms with Gasteiger partial charge >= 0.3 is 0 Å². The molecule has 2 atom stereocenters. The van der Waals surface area contributed by atoms with Crippen molar-refractivity contribution < 1.29 is 9.84 Å². The summed E-state index contributed by atoms with van der Waals surface area (Å²) in [5.74, 6) is 0.860. The molecule has 2 aromatic rings. The van der Waals surface area contributed by atoms with Gasteiger partial charge < -0.3 is 9.84 Å². The summed E-state index contributed by atoms with van der Waals surface area (Å²) in [6.45, 7) is 2.20. The molecule has 0 amide bonds. The van der Waals surface area contributed by atoms with Crippen LogP contribution in [0.4, 0.5) is 0 Å². The molecule has 2 unspecified atom stereocenters. The summed E-state index contributed by atoms with van der Waals surface area (Å²) in [4.78, 5) is 4.15. The van der Waals surface area contributed by atoms with E-state index in [2.05, 4.69) is 11.9 Å². The second-order valence-corrected chi connectivity index (χ2v) is 5.31. The summed E-state index contributed by atoms with van der Waals surface area (Å²) in [7, 11) is 0. The molecule has 2 heterocycles. The van der Waals surface area contributed by atoms with E-state index in [1.807, 2.05) is 42.6 Å². The van der Waals surface area contributed by atoms with Crippen LogP contribution in [-0.4, -0.2) is 16.7 Å². The van der Waals surface area contributed by atoms with Crippen molar-refractivity contribution in [2.24, 2.45) is 0 Å². The van der Waals surface area contributed by atoms with Crippen LogP contribution in [-0.2, 0) is 5.41 Å². The van der Waals surface area contributed by atoms with Crippen molar-refractivity contribution in [3.05, 3.63) is 59.9 Å². The molecule has 3 nitrogen and oxygen atoms in total. The molecule has 98 valence electrons. The van der Waals surface area contributed by atoms with Crippen molar-refractivity contribution in [2.75, 3.05) is 6.61 Å². The van der Waals surface area contributed by atoms with E-state index in [4.69, 9.17) is 4.74 Å². The summed E-state index contributed by atoms with van der Waals surface area (Å²) >= 11 is 0. The van der Waals surface area contributed by atoms with E-state index in [9.17, 15) is 5.11 Å². The first-order valence-electron chi connectivity index (χ1n) is 6.50. The van der Waals surface area contributed by atoms with Crippen LogP contribution in [0.25, 0.3) is 0 Å². The average molecular weight is 255 g/mol. The number of ether oxygens (including phenoxy) is 1. The molecule has 3 rings (SSSR count). The van der Waals surface area contributed by atoms with Crippen molar-refractivity contribution in [1.82, 2.24) is 4.98 Å². The Morgan fingerprint density at radius 1 is 1.32 bits per heavy atom. The van der Waals surface area contributed by atoms with Crippen molar-refractivity contribution in [2.45, 2.75) is 24.9 Å². The van der Waals surface area contributed by atoms with Gasteiger partial charge in [-0.1, -0.05) is 31.2 Å². The number of nitrogens with zero attached hydrogens (tertiary/aromatic N) is 1. The molecule has 0 saturated carbocycles. The Morgan fingerprint density at radius 2 is 2.16 bits per heavy atom. The third-order valence-corrected chi connectivity index (χ3v) is 3.85. The van der Waals surface area contributed by atoms with Gasteiger partial charge in [0.2, 0.25) is 0 Å². The van der Waals surface area contributed by atoms with Gasteiger partial charge in [-0.05, 0) is 12.1 Å². The van der Waals surface area contributed by atoms with Crippen molar-refractivity contribution in [3.8, 4) is 5.75 Å². The van der Waals surface area contributed by atoms with Gasteiger partial charge in [0.25, 0.3) is 0 Å². The van der Waals surface area contributed by atoms with E-state index in [0.717, 1.165) is 23.3 Å². The second-order valence-electron chi connectivity index (χ2n) is 5.31. The molecule has 1 N–H and O–H groups in total. The number of pyridine rings is 1. The molecular formula is C16H17NO2. The minimum absolute atomic E-state index is 0.0549. The van der Waals surface area contributed by atoms with Crippen molar-refractivity contribution >= 4 is 0 Å². The van der Waals surface area contributed by atoms with Gasteiger partial charge in [0.1, 0.15) is 11.9 Å². The summed E-state index contributed by atoms with van der Waals surface area (Å²) in [5.41, 5.74) is 1.87. The summed E-state index contributed by atoms with van der Waals surface area (Å²) in [5, 5.41) is 9.79. The maximum absolute atomic E-state index is 9.79. The smallest absolute Gasteiger partial charge is 0.126 e. The van der Waals surface area contributed by atoms with E-state index < -0.39 is 0 Å². The molecular weight excluding hydrogens is 238 g/mol. The van der Waals surface area contributed by atoms with Gasteiger partial charge in [-0.15, -0.1) is 0 Å². The number of para-hydroxylation sites is 1. The van der Waals surface area contributed by atoms with Gasteiger partial charge in [0.15, 0.2) is 0 Å². The molecule has 0 aliphatic carbocycles. The van der Waals surface area contributed by atoms with Crippen LogP contribution in [0, 0.1) is 0 Å². The van der Waals surface area contributed by atoms with E-state index >= 15 is 0 Å². The molecule has 1 aromatic carbocycles. The number of aromatic nitrogens is 1. The number of aliphatic hydroxyl groups excluding tert-OH is 1. The minimum atomic E-state index is -0.269. The van der Waals surface area contributed by atoms with Crippen LogP contribution in [0.5, 0.6) is 5.75 Å². The SMILES string of the molecule is CC1(CO)CC(c2cccnc2)Oc2ccccc21. The number of benzene rings is 1. The van der Waals surface area contributed by atoms with Gasteiger partial charge in [-0.2, -0.15) is 0 Å². The lowest BCUT2D eigenvalue weighted by Crippen LogP contribution is -2.35. The Balaban J connectivity index is 2.02. The van der Waals surface area contributed by atoms with E-state index in [1.165, 1.54) is 0 Å². The fourth-order valence-corrected chi connectivity index (χ4v) is 2.68. The normalized spacial score (nSPS) is 25.5. The number of fused-ring (bicyclic) bond motifs is 1. The Labute approximate surface area is 112 Å². The van der Waals surface area contributed by atoms with Crippen LogP contribution in [0.15, 0.2) is 48.8 Å². The lowest BCUT2D eigenvalue weighted by molar-refractivity contribution is 0.0911. The van der Waals surface area contributed by atoms with Crippen LogP contribution < -0.4 is 4.74 Å². The molecule has 1 aliphatic heterocycles. The molecule has 0 spiro atoms. The summed E-state index contributed by atoms with van der Waals surface area (Å²) in [6.07, 6.45) is 4.29. The first-order chi connectivity index (χ1) is 9.23. The number of aliphatic hydroxyl groups is 1. The summed E-state index contributed by atoms with van der Waals surface area (Å²) in [6, 6.07) is 11.9. The maximum atomic E-state index is 9.79. The van der Waals surface area contributed by atoms with Crippen LogP contribution in [0.2, 0.25) is 0 Å². The molecule has 0 radical (unpaired) electrons. The Morgan fingerprint density at radius 3 is 2.89 bits per heavy atom. The van der Waals surface area contributed by atoms with Crippen LogP contribution >= 0.6 is 0 Å². The largest absolute Gasteiger partial charge is 0.485 e. The highest BCUT2D eigenvalue weighted by Gasteiger charge is 2.38. The molecule has 1 aromatic heterocycles. The fraction of sp³-hybridized carbons (Fsp3) is 0.312. The van der Waals surface area contributed by atoms with E-state index in [-0.39, 0.29) is 18.1 Å².